The average molecular weight is 288 g/mol. The van der Waals surface area contributed by atoms with Crippen LogP contribution in [0, 0.1) is 11.8 Å². The van der Waals surface area contributed by atoms with Gasteiger partial charge in [0.15, 0.2) is 6.61 Å². The lowest BCUT2D eigenvalue weighted by Crippen LogP contribution is -2.45. The normalized spacial score (nSPS) is 22.5. The number of piperidine rings is 1. The monoisotopic (exact) mass is 288 g/mol. The highest BCUT2D eigenvalue weighted by Gasteiger charge is 2.25. The fourth-order valence-corrected chi connectivity index (χ4v) is 3.02. The van der Waals surface area contributed by atoms with Crippen molar-refractivity contribution in [3.05, 3.63) is 24.3 Å². The standard InChI is InChI=1S/C15H20N4O2/c1-11-7-12(2)9-18(8-11)15(20)10-21-19-14-6-4-3-5-13(14)16-17-19/h3-6,11-12H,7-10H2,1-2H3. The van der Waals surface area contributed by atoms with Gasteiger partial charge in [-0.15, -0.1) is 5.10 Å². The first-order valence-corrected chi connectivity index (χ1v) is 7.35. The van der Waals surface area contributed by atoms with Gasteiger partial charge in [-0.2, -0.15) is 0 Å². The summed E-state index contributed by atoms with van der Waals surface area (Å²) < 4.78 is 0. The molecule has 6 heteroatoms. The van der Waals surface area contributed by atoms with E-state index in [4.69, 9.17) is 4.84 Å². The first kappa shape index (κ1) is 13.9. The Bertz CT molecular complexity index is 629. The lowest BCUT2D eigenvalue weighted by molar-refractivity contribution is -0.139. The summed E-state index contributed by atoms with van der Waals surface area (Å²) in [5.74, 6) is 1.10. The molecular weight excluding hydrogens is 268 g/mol. The SMILES string of the molecule is CC1CC(C)CN(C(=O)COn2nnc3ccccc32)C1. The van der Waals surface area contributed by atoms with E-state index in [2.05, 4.69) is 24.2 Å². The zero-order valence-electron chi connectivity index (χ0n) is 12.4. The van der Waals surface area contributed by atoms with Gasteiger partial charge in [-0.05, 0) is 35.6 Å². The van der Waals surface area contributed by atoms with Gasteiger partial charge in [-0.25, -0.2) is 0 Å². The number of hydrogen-bond donors (Lipinski definition) is 0. The van der Waals surface area contributed by atoms with E-state index in [1.165, 1.54) is 11.3 Å². The number of likely N-dealkylation sites (tertiary alicyclic amines) is 1. The summed E-state index contributed by atoms with van der Waals surface area (Å²) in [5, 5.41) is 7.91. The fraction of sp³-hybridized carbons (Fsp3) is 0.533. The van der Waals surface area contributed by atoms with Crippen LogP contribution >= 0.6 is 0 Å². The van der Waals surface area contributed by atoms with Crippen molar-refractivity contribution in [1.82, 2.24) is 20.1 Å². The molecule has 0 spiro atoms. The number of rotatable bonds is 3. The molecule has 2 unspecified atom stereocenters. The van der Waals surface area contributed by atoms with Gasteiger partial charge < -0.3 is 9.74 Å². The Labute approximate surface area is 123 Å². The molecule has 1 aromatic heterocycles. The summed E-state index contributed by atoms with van der Waals surface area (Å²) in [6.45, 7) is 5.98. The minimum absolute atomic E-state index is 0.00715. The second kappa shape index (κ2) is 5.71. The molecule has 0 saturated carbocycles. The van der Waals surface area contributed by atoms with Crippen LogP contribution in [-0.2, 0) is 4.79 Å². The van der Waals surface area contributed by atoms with Crippen LogP contribution in [0.2, 0.25) is 0 Å². The molecule has 0 aliphatic carbocycles. The van der Waals surface area contributed by atoms with Crippen LogP contribution in [0.3, 0.4) is 0 Å². The third-order valence-corrected chi connectivity index (χ3v) is 3.85. The predicted octanol–water partition coefficient (Wildman–Crippen LogP) is 1.36. The van der Waals surface area contributed by atoms with Crippen molar-refractivity contribution in [2.75, 3.05) is 19.7 Å². The van der Waals surface area contributed by atoms with E-state index >= 15 is 0 Å². The van der Waals surface area contributed by atoms with Crippen molar-refractivity contribution in [2.45, 2.75) is 20.3 Å². The van der Waals surface area contributed by atoms with Gasteiger partial charge in [0.1, 0.15) is 11.0 Å². The number of aromatic nitrogens is 3. The van der Waals surface area contributed by atoms with Crippen LogP contribution < -0.4 is 4.84 Å². The lowest BCUT2D eigenvalue weighted by Gasteiger charge is -2.34. The zero-order valence-corrected chi connectivity index (χ0v) is 12.4. The summed E-state index contributed by atoms with van der Waals surface area (Å²) in [7, 11) is 0. The molecular formula is C15H20N4O2. The van der Waals surface area contributed by atoms with Crippen molar-refractivity contribution < 1.29 is 9.63 Å². The van der Waals surface area contributed by atoms with E-state index in [-0.39, 0.29) is 12.5 Å². The second-order valence-corrected chi connectivity index (χ2v) is 5.97. The molecule has 3 rings (SSSR count). The van der Waals surface area contributed by atoms with Crippen LogP contribution in [0.15, 0.2) is 24.3 Å². The number of fused-ring (bicyclic) bond motifs is 1. The molecule has 1 fully saturated rings. The highest BCUT2D eigenvalue weighted by atomic mass is 16.7. The molecule has 0 N–H and O–H groups in total. The Morgan fingerprint density at radius 1 is 1.29 bits per heavy atom. The van der Waals surface area contributed by atoms with Crippen LogP contribution in [0.25, 0.3) is 11.0 Å². The summed E-state index contributed by atoms with van der Waals surface area (Å²) >= 11 is 0. The molecule has 1 amide bonds. The number of benzene rings is 1. The molecule has 21 heavy (non-hydrogen) atoms. The quantitative estimate of drug-likeness (QED) is 0.855. The predicted molar refractivity (Wildman–Crippen MR) is 78.5 cm³/mol. The molecule has 2 aromatic rings. The maximum atomic E-state index is 12.3. The Morgan fingerprint density at radius 3 is 2.76 bits per heavy atom. The molecule has 1 saturated heterocycles. The van der Waals surface area contributed by atoms with E-state index in [1.807, 2.05) is 29.2 Å². The van der Waals surface area contributed by atoms with Gasteiger partial charge in [-0.3, -0.25) is 4.79 Å². The first-order chi connectivity index (χ1) is 10.1. The van der Waals surface area contributed by atoms with Crippen molar-refractivity contribution >= 4 is 16.9 Å². The number of carbonyl (C=O) groups is 1. The van der Waals surface area contributed by atoms with Gasteiger partial charge >= 0.3 is 0 Å². The largest absolute Gasteiger partial charge is 0.385 e. The summed E-state index contributed by atoms with van der Waals surface area (Å²) in [4.78, 5) is 21.0. The molecule has 2 heterocycles. The molecule has 0 radical (unpaired) electrons. The summed E-state index contributed by atoms with van der Waals surface area (Å²) in [6.07, 6.45) is 1.18. The average Bonchev–Trinajstić information content (AvgIpc) is 2.87. The van der Waals surface area contributed by atoms with Gasteiger partial charge in [0.2, 0.25) is 0 Å². The molecule has 6 nitrogen and oxygen atoms in total. The Balaban J connectivity index is 1.63. The minimum Gasteiger partial charge on any atom is -0.385 e. The molecule has 1 aromatic carbocycles. The number of amides is 1. The fourth-order valence-electron chi connectivity index (χ4n) is 3.02. The van der Waals surface area contributed by atoms with Crippen molar-refractivity contribution in [3.8, 4) is 0 Å². The van der Waals surface area contributed by atoms with Crippen molar-refractivity contribution in [3.63, 3.8) is 0 Å². The van der Waals surface area contributed by atoms with Gasteiger partial charge in [-0.1, -0.05) is 30.8 Å². The molecule has 112 valence electrons. The number of nitrogens with zero attached hydrogens (tertiary/aromatic N) is 4. The highest BCUT2D eigenvalue weighted by molar-refractivity contribution is 5.78. The molecule has 0 bridgehead atoms. The zero-order chi connectivity index (χ0) is 14.8. The summed E-state index contributed by atoms with van der Waals surface area (Å²) in [5.41, 5.74) is 1.52. The number of para-hydroxylation sites is 1. The van der Waals surface area contributed by atoms with Crippen LogP contribution in [0.1, 0.15) is 20.3 Å². The van der Waals surface area contributed by atoms with E-state index in [0.29, 0.717) is 11.8 Å². The maximum absolute atomic E-state index is 12.3. The maximum Gasteiger partial charge on any atom is 0.263 e. The smallest absolute Gasteiger partial charge is 0.263 e. The first-order valence-electron chi connectivity index (χ1n) is 7.35. The summed E-state index contributed by atoms with van der Waals surface area (Å²) in [6, 6.07) is 7.51. The van der Waals surface area contributed by atoms with Gasteiger partial charge in [0, 0.05) is 13.1 Å². The third kappa shape index (κ3) is 2.99. The number of carbonyl (C=O) groups excluding carboxylic acids is 1. The topological polar surface area (TPSA) is 60.2 Å². The highest BCUT2D eigenvalue weighted by Crippen LogP contribution is 2.20. The van der Waals surface area contributed by atoms with E-state index in [1.54, 1.807) is 0 Å². The Kier molecular flexibility index (Phi) is 3.77. The number of hydrogen-bond acceptors (Lipinski definition) is 4. The molecule has 1 aliphatic heterocycles. The lowest BCUT2D eigenvalue weighted by atomic mass is 9.92. The van der Waals surface area contributed by atoms with Crippen LogP contribution in [0.5, 0.6) is 0 Å². The molecule has 2 atom stereocenters. The van der Waals surface area contributed by atoms with Crippen LogP contribution in [-0.4, -0.2) is 45.7 Å². The van der Waals surface area contributed by atoms with E-state index in [0.717, 1.165) is 24.1 Å². The van der Waals surface area contributed by atoms with Crippen molar-refractivity contribution in [2.24, 2.45) is 11.8 Å². The Hall–Kier alpha value is -2.11. The van der Waals surface area contributed by atoms with Gasteiger partial charge in [0.25, 0.3) is 5.91 Å². The van der Waals surface area contributed by atoms with E-state index in [9.17, 15) is 4.79 Å². The second-order valence-electron chi connectivity index (χ2n) is 5.97. The van der Waals surface area contributed by atoms with Crippen LogP contribution in [0.4, 0.5) is 0 Å². The van der Waals surface area contributed by atoms with Gasteiger partial charge in [0.05, 0.1) is 0 Å². The van der Waals surface area contributed by atoms with E-state index < -0.39 is 0 Å². The Morgan fingerprint density at radius 2 is 2.00 bits per heavy atom. The molecule has 1 aliphatic rings. The third-order valence-electron chi connectivity index (χ3n) is 3.85. The minimum atomic E-state index is -0.00715. The van der Waals surface area contributed by atoms with Crippen molar-refractivity contribution in [1.29, 1.82) is 0 Å².